The molecule has 126 valence electrons. The fraction of sp³-hybridized carbons (Fsp3) is 0.263. The first kappa shape index (κ1) is 17.0. The third-order valence-electron chi connectivity index (χ3n) is 4.18. The van der Waals surface area contributed by atoms with Gasteiger partial charge in [0.1, 0.15) is 11.6 Å². The number of unbranched alkanes of at least 4 members (excludes halogenated alkanes) is 1. The molecule has 24 heavy (non-hydrogen) atoms. The number of halogens is 2. The quantitative estimate of drug-likeness (QED) is 0.580. The number of fused-ring (bicyclic) bond motifs is 1. The van der Waals surface area contributed by atoms with Gasteiger partial charge < -0.3 is 15.5 Å². The van der Waals surface area contributed by atoms with Crippen LogP contribution in [0.4, 0.5) is 4.39 Å². The minimum absolute atomic E-state index is 0.227. The number of aromatic amines is 1. The van der Waals surface area contributed by atoms with E-state index < -0.39 is 0 Å². The highest BCUT2D eigenvalue weighted by molar-refractivity contribution is 9.10. The van der Waals surface area contributed by atoms with Gasteiger partial charge in [0, 0.05) is 20.9 Å². The number of hydrogen-bond donors (Lipinski definition) is 2. The molecule has 0 amide bonds. The molecule has 2 aromatic carbocycles. The van der Waals surface area contributed by atoms with E-state index >= 15 is 0 Å². The summed E-state index contributed by atoms with van der Waals surface area (Å²) in [6.45, 7) is 0.659. The highest BCUT2D eigenvalue weighted by Crippen LogP contribution is 2.38. The topological polar surface area (TPSA) is 51.0 Å². The monoisotopic (exact) mass is 390 g/mol. The fourth-order valence-electron chi connectivity index (χ4n) is 3.03. The molecular formula is C19H20BrFN2O. The number of aryl methyl sites for hydroxylation is 1. The van der Waals surface area contributed by atoms with Crippen LogP contribution in [0.5, 0.6) is 5.75 Å². The van der Waals surface area contributed by atoms with Crippen molar-refractivity contribution in [2.45, 2.75) is 19.3 Å². The first-order chi connectivity index (χ1) is 11.6. The Bertz CT molecular complexity index is 860. The van der Waals surface area contributed by atoms with E-state index in [9.17, 15) is 4.39 Å². The smallest absolute Gasteiger partial charge is 0.128 e. The number of nitrogens with one attached hydrogen (secondary N) is 1. The zero-order chi connectivity index (χ0) is 17.1. The molecule has 3 rings (SSSR count). The molecule has 0 unspecified atom stereocenters. The van der Waals surface area contributed by atoms with Crippen molar-refractivity contribution >= 4 is 26.8 Å². The number of ether oxygens (including phenoxy) is 1. The third-order valence-corrected chi connectivity index (χ3v) is 4.67. The van der Waals surface area contributed by atoms with Crippen LogP contribution in [-0.2, 0) is 6.42 Å². The van der Waals surface area contributed by atoms with Gasteiger partial charge in [-0.25, -0.2) is 4.39 Å². The highest BCUT2D eigenvalue weighted by atomic mass is 79.9. The van der Waals surface area contributed by atoms with Crippen molar-refractivity contribution in [2.75, 3.05) is 13.7 Å². The molecule has 1 aromatic heterocycles. The van der Waals surface area contributed by atoms with Crippen molar-refractivity contribution in [1.29, 1.82) is 0 Å². The summed E-state index contributed by atoms with van der Waals surface area (Å²) in [5, 5.41) is 0.920. The van der Waals surface area contributed by atoms with Crippen LogP contribution in [0.25, 0.3) is 22.2 Å². The van der Waals surface area contributed by atoms with Gasteiger partial charge in [-0.15, -0.1) is 0 Å². The van der Waals surface area contributed by atoms with E-state index in [4.69, 9.17) is 10.5 Å². The van der Waals surface area contributed by atoms with Crippen LogP contribution in [0.3, 0.4) is 0 Å². The molecule has 3 nitrogen and oxygen atoms in total. The standard InChI is InChI=1S/C19H20BrFN2O/c1-24-18-8-5-12(20)10-16(18)19-14(4-2-3-9-22)15-11-13(21)6-7-17(15)23-19/h5-8,10-11,23H,2-4,9,22H2,1H3. The Balaban J connectivity index is 2.19. The van der Waals surface area contributed by atoms with Crippen LogP contribution in [0, 0.1) is 5.82 Å². The molecule has 3 aromatic rings. The number of methoxy groups -OCH3 is 1. The van der Waals surface area contributed by atoms with Gasteiger partial charge >= 0.3 is 0 Å². The Morgan fingerprint density at radius 2 is 2.00 bits per heavy atom. The number of rotatable bonds is 6. The van der Waals surface area contributed by atoms with E-state index in [1.165, 1.54) is 6.07 Å². The molecule has 0 saturated heterocycles. The van der Waals surface area contributed by atoms with Crippen LogP contribution in [0.2, 0.25) is 0 Å². The van der Waals surface area contributed by atoms with Crippen molar-refractivity contribution < 1.29 is 9.13 Å². The third kappa shape index (κ3) is 3.32. The number of hydrogen-bond acceptors (Lipinski definition) is 2. The van der Waals surface area contributed by atoms with Crippen molar-refractivity contribution in [3.63, 3.8) is 0 Å². The van der Waals surface area contributed by atoms with Crippen molar-refractivity contribution in [1.82, 2.24) is 4.98 Å². The molecule has 1 heterocycles. The minimum atomic E-state index is -0.227. The molecule has 0 bridgehead atoms. The SMILES string of the molecule is COc1ccc(Br)cc1-c1[nH]c2ccc(F)cc2c1CCCCN. The normalized spacial score (nSPS) is 11.2. The summed E-state index contributed by atoms with van der Waals surface area (Å²) in [6, 6.07) is 10.7. The molecule has 0 aliphatic carbocycles. The second-order valence-electron chi connectivity index (χ2n) is 5.76. The molecule has 0 radical (unpaired) electrons. The fourth-order valence-corrected chi connectivity index (χ4v) is 3.39. The number of H-pyrrole nitrogens is 1. The first-order valence-corrected chi connectivity index (χ1v) is 8.77. The molecule has 0 fully saturated rings. The predicted octanol–water partition coefficient (Wildman–Crippen LogP) is 5.03. The average Bonchev–Trinajstić information content (AvgIpc) is 2.93. The van der Waals surface area contributed by atoms with Crippen molar-refractivity contribution in [3.05, 3.63) is 52.3 Å². The van der Waals surface area contributed by atoms with Gasteiger partial charge in [-0.2, -0.15) is 0 Å². The van der Waals surface area contributed by atoms with Gasteiger partial charge in [0.05, 0.1) is 12.8 Å². The van der Waals surface area contributed by atoms with Gasteiger partial charge in [-0.05, 0) is 67.8 Å². The van der Waals surface area contributed by atoms with Gasteiger partial charge in [-0.3, -0.25) is 0 Å². The van der Waals surface area contributed by atoms with Crippen molar-refractivity contribution in [3.8, 4) is 17.0 Å². The summed E-state index contributed by atoms with van der Waals surface area (Å²) < 4.78 is 20.2. The highest BCUT2D eigenvalue weighted by Gasteiger charge is 2.17. The van der Waals surface area contributed by atoms with Gasteiger partial charge in [0.25, 0.3) is 0 Å². The largest absolute Gasteiger partial charge is 0.496 e. The maximum Gasteiger partial charge on any atom is 0.128 e. The molecule has 5 heteroatoms. The molecule has 0 atom stereocenters. The second kappa shape index (κ2) is 7.36. The summed E-state index contributed by atoms with van der Waals surface area (Å²) in [5.41, 5.74) is 9.60. The lowest BCUT2D eigenvalue weighted by atomic mass is 9.99. The first-order valence-electron chi connectivity index (χ1n) is 7.98. The second-order valence-corrected chi connectivity index (χ2v) is 6.67. The average molecular weight is 391 g/mol. The zero-order valence-electron chi connectivity index (χ0n) is 13.5. The van der Waals surface area contributed by atoms with Crippen LogP contribution < -0.4 is 10.5 Å². The van der Waals surface area contributed by atoms with E-state index in [-0.39, 0.29) is 5.82 Å². The summed E-state index contributed by atoms with van der Waals surface area (Å²) in [4.78, 5) is 3.44. The Labute approximate surface area is 149 Å². The molecule has 0 aliphatic rings. The van der Waals surface area contributed by atoms with E-state index in [0.29, 0.717) is 6.54 Å². The molecule has 0 spiro atoms. The summed E-state index contributed by atoms with van der Waals surface area (Å²) in [7, 11) is 1.66. The van der Waals surface area contributed by atoms with Gasteiger partial charge in [0.15, 0.2) is 0 Å². The molecular weight excluding hydrogens is 371 g/mol. The lowest BCUT2D eigenvalue weighted by Gasteiger charge is -2.10. The number of aromatic nitrogens is 1. The van der Waals surface area contributed by atoms with E-state index in [0.717, 1.165) is 57.2 Å². The Kier molecular flexibility index (Phi) is 5.21. The Hall–Kier alpha value is -1.85. The summed E-state index contributed by atoms with van der Waals surface area (Å²) in [6.07, 6.45) is 2.74. The van der Waals surface area contributed by atoms with Gasteiger partial charge in [0.2, 0.25) is 0 Å². The van der Waals surface area contributed by atoms with Crippen molar-refractivity contribution in [2.24, 2.45) is 5.73 Å². The van der Waals surface area contributed by atoms with Gasteiger partial charge in [-0.1, -0.05) is 15.9 Å². The summed E-state index contributed by atoms with van der Waals surface area (Å²) in [5.74, 6) is 0.555. The van der Waals surface area contributed by atoms with Crippen LogP contribution >= 0.6 is 15.9 Å². The van der Waals surface area contributed by atoms with E-state index in [1.54, 1.807) is 19.2 Å². The minimum Gasteiger partial charge on any atom is -0.496 e. The number of nitrogens with two attached hydrogens (primary N) is 1. The maximum absolute atomic E-state index is 13.8. The lowest BCUT2D eigenvalue weighted by Crippen LogP contribution is -1.99. The Morgan fingerprint density at radius 3 is 2.75 bits per heavy atom. The van der Waals surface area contributed by atoms with Crippen LogP contribution in [-0.4, -0.2) is 18.6 Å². The lowest BCUT2D eigenvalue weighted by molar-refractivity contribution is 0.416. The summed E-state index contributed by atoms with van der Waals surface area (Å²) >= 11 is 3.52. The van der Waals surface area contributed by atoms with E-state index in [1.807, 2.05) is 18.2 Å². The Morgan fingerprint density at radius 1 is 1.17 bits per heavy atom. The molecule has 3 N–H and O–H groups in total. The molecule has 0 saturated carbocycles. The number of benzene rings is 2. The molecule has 0 aliphatic heterocycles. The van der Waals surface area contributed by atoms with E-state index in [2.05, 4.69) is 20.9 Å². The van der Waals surface area contributed by atoms with Crippen LogP contribution in [0.1, 0.15) is 18.4 Å². The predicted molar refractivity (Wildman–Crippen MR) is 99.9 cm³/mol. The zero-order valence-corrected chi connectivity index (χ0v) is 15.1. The van der Waals surface area contributed by atoms with Crippen LogP contribution in [0.15, 0.2) is 40.9 Å². The maximum atomic E-state index is 13.8.